The van der Waals surface area contributed by atoms with Crippen LogP contribution in [-0.4, -0.2) is 44.7 Å². The Morgan fingerprint density at radius 2 is 1.12 bits per heavy atom. The second-order valence-corrected chi connectivity index (χ2v) is 23.2. The molecule has 0 aromatic heterocycles. The van der Waals surface area contributed by atoms with E-state index in [0.717, 1.165) is 12.8 Å². The third-order valence-corrected chi connectivity index (χ3v) is 10.7. The summed E-state index contributed by atoms with van der Waals surface area (Å²) in [6, 6.07) is 0. The van der Waals surface area contributed by atoms with Crippen LogP contribution in [0.5, 0.6) is 0 Å². The molecular formula is C18H28Br6O7S. The molecule has 0 aromatic rings. The van der Waals surface area contributed by atoms with Crippen LogP contribution >= 0.6 is 95.6 Å². The summed E-state index contributed by atoms with van der Waals surface area (Å²) in [6.45, 7) is 3.90. The summed E-state index contributed by atoms with van der Waals surface area (Å²) in [5.41, 5.74) is -2.23. The maximum Gasteiger partial charge on any atom is 0.325 e. The lowest BCUT2D eigenvalue weighted by atomic mass is 9.72. The number of hydrogen-bond donors (Lipinski definition) is 3. The second kappa shape index (κ2) is 13.9. The van der Waals surface area contributed by atoms with Gasteiger partial charge in [0.05, 0.1) is 5.41 Å². The molecule has 3 atom stereocenters. The molecule has 0 bridgehead atoms. The number of aliphatic carboxylic acids is 2. The molecule has 0 saturated heterocycles. The summed E-state index contributed by atoms with van der Waals surface area (Å²) in [5.74, 6) is -3.83. The fraction of sp³-hybridized carbons (Fsp3) is 0.889. The number of alkyl halides is 6. The number of halogens is 6. The van der Waals surface area contributed by atoms with Crippen LogP contribution in [0, 0.1) is 17.3 Å². The first-order valence-corrected chi connectivity index (χ1v) is 16.2. The van der Waals surface area contributed by atoms with Crippen molar-refractivity contribution in [1.29, 1.82) is 0 Å². The minimum Gasteiger partial charge on any atom is -0.481 e. The van der Waals surface area contributed by atoms with Crippen molar-refractivity contribution in [1.82, 2.24) is 0 Å². The molecule has 0 heterocycles. The number of hydrogen-bond acceptors (Lipinski definition) is 4. The average Bonchev–Trinajstić information content (AvgIpc) is 2.57. The Balaban J connectivity index is 6.44. The van der Waals surface area contributed by atoms with Crippen molar-refractivity contribution in [2.75, 3.05) is 0 Å². The van der Waals surface area contributed by atoms with E-state index in [1.807, 2.05) is 13.8 Å². The first-order valence-electron chi connectivity index (χ1n) is 9.90. The van der Waals surface area contributed by atoms with Crippen LogP contribution in [-0.2, 0) is 19.7 Å². The highest BCUT2D eigenvalue weighted by molar-refractivity contribution is 9.39. The molecule has 0 saturated carbocycles. The van der Waals surface area contributed by atoms with Crippen LogP contribution in [0.3, 0.4) is 0 Å². The fourth-order valence-corrected chi connectivity index (χ4v) is 7.77. The van der Waals surface area contributed by atoms with Crippen LogP contribution in [0.15, 0.2) is 0 Å². The van der Waals surface area contributed by atoms with Crippen LogP contribution < -0.4 is 0 Å². The Morgan fingerprint density at radius 3 is 1.31 bits per heavy atom. The van der Waals surface area contributed by atoms with Gasteiger partial charge in [0, 0.05) is 0 Å². The van der Waals surface area contributed by atoms with Gasteiger partial charge in [0.15, 0.2) is 5.25 Å². The summed E-state index contributed by atoms with van der Waals surface area (Å²) in [6.07, 6.45) is 2.74. The Hall–Kier alpha value is 1.73. The highest BCUT2D eigenvalue weighted by Gasteiger charge is 2.56. The monoisotopic (exact) mass is 862 g/mol. The molecule has 0 aliphatic carbocycles. The van der Waals surface area contributed by atoms with E-state index < -0.39 is 37.0 Å². The molecule has 0 amide bonds. The molecule has 0 fully saturated rings. The molecule has 0 aromatic carbocycles. The molecule has 0 spiro atoms. The molecule has 3 N–H and O–H groups in total. The zero-order valence-corrected chi connectivity index (χ0v) is 27.9. The number of rotatable bonds is 14. The summed E-state index contributed by atoms with van der Waals surface area (Å²) >= 11 is 20.7. The summed E-state index contributed by atoms with van der Waals surface area (Å²) < 4.78 is 32.5. The fourth-order valence-electron chi connectivity index (χ4n) is 3.87. The van der Waals surface area contributed by atoms with Gasteiger partial charge in [-0.2, -0.15) is 8.42 Å². The third kappa shape index (κ3) is 10.4. The molecule has 0 aliphatic heterocycles. The first-order chi connectivity index (χ1) is 14.3. The van der Waals surface area contributed by atoms with E-state index in [1.165, 1.54) is 0 Å². The van der Waals surface area contributed by atoms with Gasteiger partial charge in [0.1, 0.15) is 4.29 Å². The number of carboxylic acid groups (broad SMARTS) is 2. The lowest BCUT2D eigenvalue weighted by Crippen LogP contribution is -2.51. The van der Waals surface area contributed by atoms with Crippen molar-refractivity contribution < 1.29 is 32.8 Å². The van der Waals surface area contributed by atoms with Gasteiger partial charge in [0.2, 0.25) is 0 Å². The van der Waals surface area contributed by atoms with E-state index in [0.29, 0.717) is 12.8 Å². The lowest BCUT2D eigenvalue weighted by Gasteiger charge is -2.37. The SMILES string of the molecule is CCCC(CCC(CCC(CCC)C(Br)(Br)Br)(C(=O)O)C(C(=O)O)S(=O)(=O)O)C(Br)(Br)Br. The van der Waals surface area contributed by atoms with E-state index in [9.17, 15) is 32.8 Å². The van der Waals surface area contributed by atoms with Gasteiger partial charge in [0.25, 0.3) is 10.1 Å². The van der Waals surface area contributed by atoms with E-state index in [2.05, 4.69) is 95.6 Å². The van der Waals surface area contributed by atoms with Crippen LogP contribution in [0.25, 0.3) is 0 Å². The van der Waals surface area contributed by atoms with E-state index in [1.54, 1.807) is 0 Å². The average molecular weight is 868 g/mol. The number of carbonyl (C=O) groups is 2. The molecule has 0 rings (SSSR count). The van der Waals surface area contributed by atoms with Crippen molar-refractivity contribution in [3.8, 4) is 0 Å². The van der Waals surface area contributed by atoms with Crippen LogP contribution in [0.1, 0.15) is 65.2 Å². The summed E-state index contributed by atoms with van der Waals surface area (Å²) in [5, 5.41) is 17.4. The Kier molecular flexibility index (Phi) is 14.6. The Morgan fingerprint density at radius 1 is 0.781 bits per heavy atom. The Labute approximate surface area is 240 Å². The normalized spacial score (nSPS) is 17.9. The minimum atomic E-state index is -5.21. The zero-order valence-electron chi connectivity index (χ0n) is 17.5. The van der Waals surface area contributed by atoms with Crippen LogP contribution in [0.2, 0.25) is 0 Å². The van der Waals surface area contributed by atoms with Crippen molar-refractivity contribution in [3.63, 3.8) is 0 Å². The smallest absolute Gasteiger partial charge is 0.325 e. The largest absolute Gasteiger partial charge is 0.481 e. The second-order valence-electron chi connectivity index (χ2n) is 7.83. The van der Waals surface area contributed by atoms with Gasteiger partial charge in [-0.25, -0.2) is 0 Å². The van der Waals surface area contributed by atoms with Crippen molar-refractivity contribution in [2.24, 2.45) is 17.3 Å². The van der Waals surface area contributed by atoms with E-state index >= 15 is 0 Å². The van der Waals surface area contributed by atoms with Crippen molar-refractivity contribution in [3.05, 3.63) is 0 Å². The molecule has 32 heavy (non-hydrogen) atoms. The van der Waals surface area contributed by atoms with Gasteiger partial charge >= 0.3 is 11.9 Å². The predicted octanol–water partition coefficient (Wildman–Crippen LogP) is 7.47. The number of carboxylic acids is 2. The molecule has 0 radical (unpaired) electrons. The van der Waals surface area contributed by atoms with Gasteiger partial charge in [-0.3, -0.25) is 14.1 Å². The third-order valence-electron chi connectivity index (χ3n) is 5.53. The lowest BCUT2D eigenvalue weighted by molar-refractivity contribution is -0.156. The van der Waals surface area contributed by atoms with Gasteiger partial charge in [-0.1, -0.05) is 122 Å². The maximum atomic E-state index is 12.5. The predicted molar refractivity (Wildman–Crippen MR) is 147 cm³/mol. The molecule has 0 aliphatic rings. The van der Waals surface area contributed by atoms with Gasteiger partial charge in [-0.15, -0.1) is 0 Å². The molecule has 7 nitrogen and oxygen atoms in total. The topological polar surface area (TPSA) is 129 Å². The molecule has 3 unspecified atom stereocenters. The van der Waals surface area contributed by atoms with Gasteiger partial charge < -0.3 is 10.2 Å². The Bertz CT molecular complexity index is 705. The summed E-state index contributed by atoms with van der Waals surface area (Å²) in [7, 11) is -5.21. The zero-order chi connectivity index (χ0) is 25.5. The molecule has 14 heteroatoms. The van der Waals surface area contributed by atoms with Gasteiger partial charge in [-0.05, 0) is 50.4 Å². The minimum absolute atomic E-state index is 0.184. The highest BCUT2D eigenvalue weighted by Crippen LogP contribution is 2.51. The molecule has 190 valence electrons. The van der Waals surface area contributed by atoms with E-state index in [4.69, 9.17) is 0 Å². The first kappa shape index (κ1) is 33.7. The van der Waals surface area contributed by atoms with Crippen LogP contribution in [0.4, 0.5) is 0 Å². The molecular weight excluding hydrogens is 840 g/mol. The maximum absolute atomic E-state index is 12.5. The van der Waals surface area contributed by atoms with Crippen molar-refractivity contribution in [2.45, 2.75) is 74.7 Å². The quantitative estimate of drug-likeness (QED) is 0.122. The van der Waals surface area contributed by atoms with E-state index in [-0.39, 0.29) is 37.5 Å². The highest BCUT2D eigenvalue weighted by atomic mass is 80.0. The summed E-state index contributed by atoms with van der Waals surface area (Å²) in [4.78, 5) is 24.5. The standard InChI is InChI=1S/C18H28Br6O7S/c1-3-5-11(17(19,20)21)7-9-16(15(27)28,13(14(25)26)32(29,30)31)10-8-12(6-4-2)18(22,23)24/h11-13H,3-10H2,1-2H3,(H,25,26)(H,27,28)(H,29,30,31). The van der Waals surface area contributed by atoms with Crippen molar-refractivity contribution >= 4 is 118 Å².